The largest absolute Gasteiger partial charge is 0.379 e. The minimum Gasteiger partial charge on any atom is -0.379 e. The van der Waals surface area contributed by atoms with Gasteiger partial charge in [0.25, 0.3) is 0 Å². The number of piperidine rings is 1. The van der Waals surface area contributed by atoms with Gasteiger partial charge >= 0.3 is 6.03 Å². The van der Waals surface area contributed by atoms with Gasteiger partial charge in [-0.2, -0.15) is 0 Å². The fourth-order valence-corrected chi connectivity index (χ4v) is 3.85. The van der Waals surface area contributed by atoms with Crippen LogP contribution >= 0.6 is 0 Å². The van der Waals surface area contributed by atoms with Gasteiger partial charge in [-0.1, -0.05) is 31.2 Å². The monoisotopic (exact) mass is 374 g/mol. The zero-order valence-corrected chi connectivity index (χ0v) is 16.6. The predicted octanol–water partition coefficient (Wildman–Crippen LogP) is 2.05. The number of benzene rings is 1. The van der Waals surface area contributed by atoms with E-state index in [0.717, 1.165) is 50.9 Å². The average Bonchev–Trinajstić information content (AvgIpc) is 2.68. The Hall–Kier alpha value is -1.63. The fourth-order valence-electron chi connectivity index (χ4n) is 3.85. The molecule has 27 heavy (non-hydrogen) atoms. The molecule has 2 aliphatic rings. The predicted molar refractivity (Wildman–Crippen MR) is 108 cm³/mol. The maximum Gasteiger partial charge on any atom is 0.315 e. The Morgan fingerprint density at radius 1 is 1.07 bits per heavy atom. The number of morpholine rings is 1. The molecule has 2 heterocycles. The van der Waals surface area contributed by atoms with Crippen LogP contribution in [-0.4, -0.2) is 68.3 Å². The third-order valence-corrected chi connectivity index (χ3v) is 5.44. The topological polar surface area (TPSA) is 56.8 Å². The molecule has 6 nitrogen and oxygen atoms in total. The van der Waals surface area contributed by atoms with Crippen LogP contribution in [0.5, 0.6) is 0 Å². The second-order valence-electron chi connectivity index (χ2n) is 7.86. The summed E-state index contributed by atoms with van der Waals surface area (Å²) in [6.07, 6.45) is 2.67. The van der Waals surface area contributed by atoms with Crippen LogP contribution in [-0.2, 0) is 17.8 Å². The molecule has 0 spiro atoms. The number of hydrogen-bond acceptors (Lipinski definition) is 4. The smallest absolute Gasteiger partial charge is 0.315 e. The van der Waals surface area contributed by atoms with Gasteiger partial charge in [-0.25, -0.2) is 4.79 Å². The molecule has 1 aromatic carbocycles. The summed E-state index contributed by atoms with van der Waals surface area (Å²) in [5, 5.41) is 5.87. The Balaban J connectivity index is 1.32. The lowest BCUT2D eigenvalue weighted by molar-refractivity contribution is 0.0387. The van der Waals surface area contributed by atoms with Gasteiger partial charge in [-0.3, -0.25) is 9.80 Å². The summed E-state index contributed by atoms with van der Waals surface area (Å²) in [6, 6.07) is 8.52. The van der Waals surface area contributed by atoms with Gasteiger partial charge in [-0.15, -0.1) is 0 Å². The third kappa shape index (κ3) is 7.13. The zero-order chi connectivity index (χ0) is 18.9. The molecular formula is C21H34N4O2. The van der Waals surface area contributed by atoms with Crippen molar-refractivity contribution in [2.45, 2.75) is 32.9 Å². The number of hydrogen-bond donors (Lipinski definition) is 2. The number of ether oxygens (including phenoxy) is 1. The van der Waals surface area contributed by atoms with Gasteiger partial charge in [0.05, 0.1) is 13.2 Å². The molecule has 2 N–H and O–H groups in total. The lowest BCUT2D eigenvalue weighted by atomic mass is 9.99. The molecule has 1 aromatic rings. The molecule has 1 atom stereocenters. The number of amides is 2. The third-order valence-electron chi connectivity index (χ3n) is 5.44. The van der Waals surface area contributed by atoms with Crippen LogP contribution in [0, 0.1) is 5.92 Å². The van der Waals surface area contributed by atoms with Gasteiger partial charge in [0.15, 0.2) is 0 Å². The summed E-state index contributed by atoms with van der Waals surface area (Å²) in [5.74, 6) is 0.809. The molecule has 2 fully saturated rings. The highest BCUT2D eigenvalue weighted by atomic mass is 16.5. The Bertz CT molecular complexity index is 572. The number of urea groups is 1. The van der Waals surface area contributed by atoms with Crippen molar-refractivity contribution in [1.29, 1.82) is 0 Å². The highest BCUT2D eigenvalue weighted by molar-refractivity contribution is 5.73. The standard InChI is InChI=1S/C21H34N4O2/c1-18-3-2-9-25(16-18)17-20-6-4-19(5-7-20)15-23-21(26)22-8-10-24-11-13-27-14-12-24/h4-7,18H,2-3,8-17H2,1H3,(H2,22,23,26)/t18-/m1/s1. The van der Waals surface area contributed by atoms with E-state index in [2.05, 4.69) is 51.6 Å². The number of carbonyl (C=O) groups excluding carboxylic acids is 1. The maximum atomic E-state index is 11.9. The van der Waals surface area contributed by atoms with Crippen LogP contribution in [0.3, 0.4) is 0 Å². The van der Waals surface area contributed by atoms with Crippen LogP contribution in [0.15, 0.2) is 24.3 Å². The quantitative estimate of drug-likeness (QED) is 0.767. The maximum absolute atomic E-state index is 11.9. The molecule has 2 aliphatic heterocycles. The number of rotatable bonds is 7. The van der Waals surface area contributed by atoms with E-state index in [9.17, 15) is 4.79 Å². The van der Waals surface area contributed by atoms with Crippen LogP contribution in [0.25, 0.3) is 0 Å². The van der Waals surface area contributed by atoms with Crippen LogP contribution in [0.4, 0.5) is 4.79 Å². The van der Waals surface area contributed by atoms with E-state index >= 15 is 0 Å². The Kier molecular flexibility index (Phi) is 7.93. The molecule has 3 rings (SSSR count). The summed E-state index contributed by atoms with van der Waals surface area (Å²) in [5.41, 5.74) is 2.48. The molecule has 150 valence electrons. The van der Waals surface area contributed by atoms with E-state index in [4.69, 9.17) is 4.74 Å². The van der Waals surface area contributed by atoms with Crippen molar-refractivity contribution < 1.29 is 9.53 Å². The number of nitrogens with zero attached hydrogens (tertiary/aromatic N) is 2. The first kappa shape index (κ1) is 20.1. The fraction of sp³-hybridized carbons (Fsp3) is 0.667. The molecular weight excluding hydrogens is 340 g/mol. The van der Waals surface area contributed by atoms with Crippen LogP contribution < -0.4 is 10.6 Å². The van der Waals surface area contributed by atoms with Crippen molar-refractivity contribution in [3.05, 3.63) is 35.4 Å². The highest BCUT2D eigenvalue weighted by Crippen LogP contribution is 2.18. The van der Waals surface area contributed by atoms with Crippen molar-refractivity contribution in [2.75, 3.05) is 52.5 Å². The van der Waals surface area contributed by atoms with Gasteiger partial charge < -0.3 is 15.4 Å². The number of nitrogens with one attached hydrogen (secondary N) is 2. The van der Waals surface area contributed by atoms with Crippen molar-refractivity contribution in [1.82, 2.24) is 20.4 Å². The van der Waals surface area contributed by atoms with Crippen molar-refractivity contribution in [2.24, 2.45) is 5.92 Å². The number of likely N-dealkylation sites (tertiary alicyclic amines) is 1. The van der Waals surface area contributed by atoms with E-state index in [1.807, 2.05) is 0 Å². The van der Waals surface area contributed by atoms with E-state index in [1.54, 1.807) is 0 Å². The van der Waals surface area contributed by atoms with Gasteiger partial charge in [0.1, 0.15) is 0 Å². The van der Waals surface area contributed by atoms with Crippen LogP contribution in [0.1, 0.15) is 30.9 Å². The van der Waals surface area contributed by atoms with Crippen molar-refractivity contribution >= 4 is 6.03 Å². The number of carbonyl (C=O) groups is 1. The summed E-state index contributed by atoms with van der Waals surface area (Å²) in [6.45, 7) is 11.4. The molecule has 2 amide bonds. The van der Waals surface area contributed by atoms with E-state index < -0.39 is 0 Å². The molecule has 2 saturated heterocycles. The summed E-state index contributed by atoms with van der Waals surface area (Å²) in [4.78, 5) is 16.8. The highest BCUT2D eigenvalue weighted by Gasteiger charge is 2.16. The molecule has 0 saturated carbocycles. The van der Waals surface area contributed by atoms with Gasteiger partial charge in [-0.05, 0) is 36.4 Å². The lowest BCUT2D eigenvalue weighted by Crippen LogP contribution is -2.43. The molecule has 0 radical (unpaired) electrons. The molecule has 0 aromatic heterocycles. The van der Waals surface area contributed by atoms with E-state index in [0.29, 0.717) is 13.1 Å². The molecule has 0 unspecified atom stereocenters. The van der Waals surface area contributed by atoms with Crippen molar-refractivity contribution in [3.63, 3.8) is 0 Å². The van der Waals surface area contributed by atoms with Crippen molar-refractivity contribution in [3.8, 4) is 0 Å². The lowest BCUT2D eigenvalue weighted by Gasteiger charge is -2.30. The zero-order valence-electron chi connectivity index (χ0n) is 16.6. The normalized spacial score (nSPS) is 21.7. The summed E-state index contributed by atoms with van der Waals surface area (Å²) >= 11 is 0. The first-order chi connectivity index (χ1) is 13.2. The summed E-state index contributed by atoms with van der Waals surface area (Å²) in [7, 11) is 0. The molecule has 6 heteroatoms. The van der Waals surface area contributed by atoms with Crippen LogP contribution in [0.2, 0.25) is 0 Å². The van der Waals surface area contributed by atoms with E-state index in [-0.39, 0.29) is 6.03 Å². The van der Waals surface area contributed by atoms with Gasteiger partial charge in [0.2, 0.25) is 0 Å². The first-order valence-electron chi connectivity index (χ1n) is 10.3. The average molecular weight is 375 g/mol. The Labute approximate surface area is 163 Å². The Morgan fingerprint density at radius 3 is 2.56 bits per heavy atom. The SMILES string of the molecule is C[C@@H]1CCCN(Cc2ccc(CNC(=O)NCCN3CCOCC3)cc2)C1. The molecule has 0 bridgehead atoms. The molecule has 0 aliphatic carbocycles. The second kappa shape index (κ2) is 10.6. The minimum absolute atomic E-state index is 0.102. The minimum atomic E-state index is -0.102. The summed E-state index contributed by atoms with van der Waals surface area (Å²) < 4.78 is 5.33. The van der Waals surface area contributed by atoms with Gasteiger partial charge in [0, 0.05) is 45.8 Å². The second-order valence-corrected chi connectivity index (χ2v) is 7.86. The Morgan fingerprint density at radius 2 is 1.81 bits per heavy atom. The first-order valence-corrected chi connectivity index (χ1v) is 10.3. The van der Waals surface area contributed by atoms with E-state index in [1.165, 1.54) is 31.5 Å².